The van der Waals surface area contributed by atoms with Crippen molar-refractivity contribution in [3.05, 3.63) is 18.1 Å². The monoisotopic (exact) mass is 251 g/mol. The molecule has 2 amide bonds. The van der Waals surface area contributed by atoms with Gasteiger partial charge in [0, 0.05) is 26.6 Å². The van der Waals surface area contributed by atoms with Gasteiger partial charge in [0.2, 0.25) is 5.91 Å². The Kier molecular flexibility index (Phi) is 5.56. The first-order valence-corrected chi connectivity index (χ1v) is 5.72. The van der Waals surface area contributed by atoms with E-state index in [1.54, 1.807) is 6.20 Å². The summed E-state index contributed by atoms with van der Waals surface area (Å²) in [7, 11) is 0. The van der Waals surface area contributed by atoms with Gasteiger partial charge in [0.15, 0.2) is 0 Å². The molecule has 0 aliphatic rings. The molecular weight excluding hydrogens is 234 g/mol. The van der Waals surface area contributed by atoms with Gasteiger partial charge in [-0.3, -0.25) is 14.6 Å². The van der Waals surface area contributed by atoms with Crippen molar-refractivity contribution in [2.24, 2.45) is 0 Å². The van der Waals surface area contributed by atoms with Crippen LogP contribution in [0, 0.1) is 0 Å². The van der Waals surface area contributed by atoms with Crippen molar-refractivity contribution in [3.8, 4) is 0 Å². The van der Waals surface area contributed by atoms with Gasteiger partial charge < -0.3 is 16.0 Å². The number of rotatable bonds is 6. The van der Waals surface area contributed by atoms with Gasteiger partial charge in [-0.25, -0.2) is 4.98 Å². The van der Waals surface area contributed by atoms with Crippen molar-refractivity contribution in [2.75, 3.05) is 25.0 Å². The van der Waals surface area contributed by atoms with Crippen molar-refractivity contribution in [1.82, 2.24) is 20.6 Å². The van der Waals surface area contributed by atoms with E-state index in [4.69, 9.17) is 0 Å². The van der Waals surface area contributed by atoms with Crippen LogP contribution in [-0.4, -0.2) is 41.4 Å². The van der Waals surface area contributed by atoms with Gasteiger partial charge in [0.05, 0.1) is 12.4 Å². The lowest BCUT2D eigenvalue weighted by Crippen LogP contribution is -2.34. The molecule has 1 aromatic rings. The molecule has 0 radical (unpaired) electrons. The van der Waals surface area contributed by atoms with Crippen LogP contribution in [0.1, 0.15) is 24.3 Å². The van der Waals surface area contributed by atoms with Crippen LogP contribution in [0.2, 0.25) is 0 Å². The minimum atomic E-state index is -0.312. The summed E-state index contributed by atoms with van der Waals surface area (Å²) in [6.07, 6.45) is 2.95. The molecule has 0 aliphatic heterocycles. The Morgan fingerprint density at radius 2 is 1.94 bits per heavy atom. The van der Waals surface area contributed by atoms with E-state index in [0.717, 1.165) is 0 Å². The fourth-order valence-corrected chi connectivity index (χ4v) is 1.25. The van der Waals surface area contributed by atoms with E-state index in [9.17, 15) is 9.59 Å². The summed E-state index contributed by atoms with van der Waals surface area (Å²) in [4.78, 5) is 30.3. The zero-order chi connectivity index (χ0) is 13.4. The van der Waals surface area contributed by atoms with Crippen LogP contribution in [0.3, 0.4) is 0 Å². The van der Waals surface area contributed by atoms with Crippen LogP contribution in [0.25, 0.3) is 0 Å². The number of anilines is 1. The Labute approximate surface area is 105 Å². The van der Waals surface area contributed by atoms with Crippen LogP contribution in [0.4, 0.5) is 5.82 Å². The normalized spacial score (nSPS) is 9.67. The summed E-state index contributed by atoms with van der Waals surface area (Å²) >= 11 is 0. The molecule has 0 bridgehead atoms. The second-order valence-corrected chi connectivity index (χ2v) is 3.56. The Balaban J connectivity index is 2.45. The average Bonchev–Trinajstić information content (AvgIpc) is 2.35. The summed E-state index contributed by atoms with van der Waals surface area (Å²) in [5, 5.41) is 8.20. The Morgan fingerprint density at radius 3 is 2.61 bits per heavy atom. The molecule has 0 unspecified atom stereocenters. The molecule has 0 saturated carbocycles. The predicted molar refractivity (Wildman–Crippen MR) is 67.2 cm³/mol. The van der Waals surface area contributed by atoms with Crippen molar-refractivity contribution in [3.63, 3.8) is 0 Å². The summed E-state index contributed by atoms with van der Waals surface area (Å²) in [5.74, 6) is 0.123. The fourth-order valence-electron chi connectivity index (χ4n) is 1.25. The first kappa shape index (κ1) is 13.9. The second-order valence-electron chi connectivity index (χ2n) is 3.56. The quantitative estimate of drug-likeness (QED) is 0.607. The maximum atomic E-state index is 11.7. The standard InChI is InChI=1S/C11H17N5O2/c1-3-13-10-7-12-6-9(16-10)11(18)15-5-4-14-8(2)17/h6-7H,3-5H2,1-2H3,(H,13,16)(H,14,17)(H,15,18). The van der Waals surface area contributed by atoms with Gasteiger partial charge in [-0.15, -0.1) is 0 Å². The molecule has 0 fully saturated rings. The van der Waals surface area contributed by atoms with E-state index in [1.165, 1.54) is 13.1 Å². The van der Waals surface area contributed by atoms with Crippen molar-refractivity contribution < 1.29 is 9.59 Å². The molecule has 18 heavy (non-hydrogen) atoms. The van der Waals surface area contributed by atoms with Crippen molar-refractivity contribution >= 4 is 17.6 Å². The molecule has 0 aliphatic carbocycles. The highest BCUT2D eigenvalue weighted by Crippen LogP contribution is 2.01. The zero-order valence-corrected chi connectivity index (χ0v) is 10.5. The van der Waals surface area contributed by atoms with Crippen molar-refractivity contribution in [2.45, 2.75) is 13.8 Å². The maximum Gasteiger partial charge on any atom is 0.271 e. The molecule has 7 heteroatoms. The second kappa shape index (κ2) is 7.21. The van der Waals surface area contributed by atoms with Gasteiger partial charge in [0.1, 0.15) is 11.5 Å². The molecule has 0 atom stereocenters. The summed E-state index contributed by atoms with van der Waals surface area (Å²) in [5.41, 5.74) is 0.247. The lowest BCUT2D eigenvalue weighted by Gasteiger charge is -2.06. The number of nitrogens with zero attached hydrogens (tertiary/aromatic N) is 2. The van der Waals surface area contributed by atoms with Crippen LogP contribution in [0.15, 0.2) is 12.4 Å². The average molecular weight is 251 g/mol. The summed E-state index contributed by atoms with van der Waals surface area (Å²) in [6, 6.07) is 0. The van der Waals surface area contributed by atoms with E-state index in [0.29, 0.717) is 25.5 Å². The SMILES string of the molecule is CCNc1cncc(C(=O)NCCNC(C)=O)n1. The van der Waals surface area contributed by atoms with E-state index in [-0.39, 0.29) is 17.5 Å². The number of hydrogen-bond donors (Lipinski definition) is 3. The minimum Gasteiger partial charge on any atom is -0.369 e. The number of hydrogen-bond acceptors (Lipinski definition) is 5. The minimum absolute atomic E-state index is 0.127. The van der Waals surface area contributed by atoms with Gasteiger partial charge in [-0.2, -0.15) is 0 Å². The summed E-state index contributed by atoms with van der Waals surface area (Å²) < 4.78 is 0. The van der Waals surface area contributed by atoms with Crippen LogP contribution < -0.4 is 16.0 Å². The molecule has 0 spiro atoms. The molecule has 0 aromatic carbocycles. The summed E-state index contributed by atoms with van der Waals surface area (Å²) in [6.45, 7) is 4.81. The third-order valence-electron chi connectivity index (χ3n) is 2.01. The molecule has 1 rings (SSSR count). The molecule has 0 saturated heterocycles. The smallest absolute Gasteiger partial charge is 0.271 e. The molecule has 3 N–H and O–H groups in total. The number of nitrogens with one attached hydrogen (secondary N) is 3. The molecule has 1 aromatic heterocycles. The highest BCUT2D eigenvalue weighted by molar-refractivity contribution is 5.92. The Hall–Kier alpha value is -2.18. The van der Waals surface area contributed by atoms with E-state index in [2.05, 4.69) is 25.9 Å². The molecule has 98 valence electrons. The highest BCUT2D eigenvalue weighted by atomic mass is 16.2. The Bertz CT molecular complexity index is 422. The number of carbonyl (C=O) groups is 2. The first-order valence-electron chi connectivity index (χ1n) is 5.72. The van der Waals surface area contributed by atoms with Crippen LogP contribution in [0.5, 0.6) is 0 Å². The first-order chi connectivity index (χ1) is 8.63. The van der Waals surface area contributed by atoms with E-state index < -0.39 is 0 Å². The molecular formula is C11H17N5O2. The number of amides is 2. The third-order valence-corrected chi connectivity index (χ3v) is 2.01. The van der Waals surface area contributed by atoms with E-state index >= 15 is 0 Å². The third kappa shape index (κ3) is 4.77. The van der Waals surface area contributed by atoms with Gasteiger partial charge in [-0.1, -0.05) is 0 Å². The Morgan fingerprint density at radius 1 is 1.22 bits per heavy atom. The number of carbonyl (C=O) groups excluding carboxylic acids is 2. The van der Waals surface area contributed by atoms with Gasteiger partial charge >= 0.3 is 0 Å². The highest BCUT2D eigenvalue weighted by Gasteiger charge is 2.07. The molecule has 1 heterocycles. The van der Waals surface area contributed by atoms with Crippen LogP contribution >= 0.6 is 0 Å². The lowest BCUT2D eigenvalue weighted by atomic mass is 10.4. The van der Waals surface area contributed by atoms with E-state index in [1.807, 2.05) is 6.92 Å². The van der Waals surface area contributed by atoms with Crippen LogP contribution in [-0.2, 0) is 4.79 Å². The lowest BCUT2D eigenvalue weighted by molar-refractivity contribution is -0.118. The number of aromatic nitrogens is 2. The maximum absolute atomic E-state index is 11.7. The predicted octanol–water partition coefficient (Wildman–Crippen LogP) is -0.226. The molecule has 7 nitrogen and oxygen atoms in total. The fraction of sp³-hybridized carbons (Fsp3) is 0.455. The topological polar surface area (TPSA) is 96.0 Å². The van der Waals surface area contributed by atoms with Gasteiger partial charge in [0.25, 0.3) is 5.91 Å². The van der Waals surface area contributed by atoms with Crippen molar-refractivity contribution in [1.29, 1.82) is 0 Å². The largest absolute Gasteiger partial charge is 0.369 e. The zero-order valence-electron chi connectivity index (χ0n) is 10.5. The van der Waals surface area contributed by atoms with Gasteiger partial charge in [-0.05, 0) is 6.92 Å².